The number of carbonyl (C=O) groups is 1. The first kappa shape index (κ1) is 15.1. The second-order valence-electron chi connectivity index (χ2n) is 4.34. The highest BCUT2D eigenvalue weighted by atomic mass is 19.4. The third-order valence-corrected chi connectivity index (χ3v) is 2.91. The lowest BCUT2D eigenvalue weighted by atomic mass is 10.1. The molecule has 4 nitrogen and oxygen atoms in total. The molecule has 0 bridgehead atoms. The molecule has 1 aromatic heterocycles. The highest BCUT2D eigenvalue weighted by Crippen LogP contribution is 2.30. The summed E-state index contributed by atoms with van der Waals surface area (Å²) in [6, 6.07) is 4.02. The smallest absolute Gasteiger partial charge is 0.416 e. The van der Waals surface area contributed by atoms with Crippen LogP contribution in [-0.2, 0) is 22.3 Å². The third kappa shape index (κ3) is 3.24. The summed E-state index contributed by atoms with van der Waals surface area (Å²) in [5.41, 5.74) is -1.23. The lowest BCUT2D eigenvalue weighted by molar-refractivity contribution is -0.143. The number of aromatic nitrogens is 1. The van der Waals surface area contributed by atoms with Crippen molar-refractivity contribution < 1.29 is 22.7 Å². The minimum absolute atomic E-state index is 0.0466. The molecule has 112 valence electrons. The number of halogens is 3. The highest BCUT2D eigenvalue weighted by Gasteiger charge is 2.30. The van der Waals surface area contributed by atoms with Crippen LogP contribution in [0.3, 0.4) is 0 Å². The van der Waals surface area contributed by atoms with Crippen molar-refractivity contribution in [2.24, 2.45) is 0 Å². The highest BCUT2D eigenvalue weighted by molar-refractivity contribution is 5.81. The number of hydrogen-bond acceptors (Lipinski definition) is 3. The number of alkyl halides is 3. The molecule has 0 aliphatic carbocycles. The van der Waals surface area contributed by atoms with Gasteiger partial charge in [0.1, 0.15) is 6.54 Å². The molecule has 0 N–H and O–H groups in total. The molecule has 0 amide bonds. The quantitative estimate of drug-likeness (QED) is 0.818. The average molecular weight is 299 g/mol. The van der Waals surface area contributed by atoms with Gasteiger partial charge in [-0.2, -0.15) is 13.2 Å². The largest absolute Gasteiger partial charge is 0.465 e. The number of pyridine rings is 1. The SMILES string of the molecule is CCOC(=O)Cn1ccc(=O)c2ccc(C(F)(F)F)cc21. The van der Waals surface area contributed by atoms with Crippen LogP contribution < -0.4 is 5.43 Å². The fourth-order valence-electron chi connectivity index (χ4n) is 1.97. The molecule has 0 saturated carbocycles. The van der Waals surface area contributed by atoms with Crippen LogP contribution in [0.4, 0.5) is 13.2 Å². The predicted octanol–water partition coefficient (Wildman–Crippen LogP) is 2.58. The van der Waals surface area contributed by atoms with Crippen LogP contribution >= 0.6 is 0 Å². The Bertz CT molecular complexity index is 734. The van der Waals surface area contributed by atoms with Gasteiger partial charge in [-0.3, -0.25) is 9.59 Å². The van der Waals surface area contributed by atoms with Gasteiger partial charge < -0.3 is 9.30 Å². The normalized spacial score (nSPS) is 11.6. The van der Waals surface area contributed by atoms with Crippen molar-refractivity contribution in [3.05, 3.63) is 46.2 Å². The van der Waals surface area contributed by atoms with Crippen LogP contribution in [0.1, 0.15) is 12.5 Å². The zero-order chi connectivity index (χ0) is 15.6. The number of benzene rings is 1. The molecule has 0 fully saturated rings. The summed E-state index contributed by atoms with van der Waals surface area (Å²) in [5, 5.41) is 0.120. The van der Waals surface area contributed by atoms with E-state index in [9.17, 15) is 22.8 Å². The monoisotopic (exact) mass is 299 g/mol. The Morgan fingerprint density at radius 3 is 2.62 bits per heavy atom. The second-order valence-corrected chi connectivity index (χ2v) is 4.34. The van der Waals surface area contributed by atoms with Gasteiger partial charge in [0.15, 0.2) is 5.43 Å². The van der Waals surface area contributed by atoms with Gasteiger partial charge in [0, 0.05) is 17.6 Å². The number of fused-ring (bicyclic) bond motifs is 1. The van der Waals surface area contributed by atoms with Gasteiger partial charge >= 0.3 is 12.1 Å². The van der Waals surface area contributed by atoms with E-state index in [-0.39, 0.29) is 24.1 Å². The predicted molar refractivity (Wildman–Crippen MR) is 69.8 cm³/mol. The second kappa shape index (κ2) is 5.59. The van der Waals surface area contributed by atoms with Crippen molar-refractivity contribution in [3.8, 4) is 0 Å². The van der Waals surface area contributed by atoms with E-state index in [4.69, 9.17) is 4.74 Å². The molecule has 0 aliphatic rings. The molecule has 21 heavy (non-hydrogen) atoms. The number of ether oxygens (including phenoxy) is 1. The Kier molecular flexibility index (Phi) is 4.02. The van der Waals surface area contributed by atoms with Gasteiger partial charge in [0.25, 0.3) is 0 Å². The van der Waals surface area contributed by atoms with E-state index in [1.165, 1.54) is 16.8 Å². The minimum Gasteiger partial charge on any atom is -0.465 e. The Morgan fingerprint density at radius 2 is 2.00 bits per heavy atom. The molecule has 2 rings (SSSR count). The topological polar surface area (TPSA) is 48.3 Å². The molecule has 7 heteroatoms. The molecule has 1 aromatic carbocycles. The number of rotatable bonds is 3. The molecule has 0 spiro atoms. The van der Waals surface area contributed by atoms with Crippen molar-refractivity contribution in [1.82, 2.24) is 4.57 Å². The molecule has 1 heterocycles. The summed E-state index contributed by atoms with van der Waals surface area (Å²) in [7, 11) is 0. The zero-order valence-corrected chi connectivity index (χ0v) is 11.1. The van der Waals surface area contributed by atoms with Crippen molar-refractivity contribution in [3.63, 3.8) is 0 Å². The summed E-state index contributed by atoms with van der Waals surface area (Å²) in [4.78, 5) is 23.2. The molecule has 0 radical (unpaired) electrons. The summed E-state index contributed by atoms with van der Waals surface area (Å²) < 4.78 is 44.3. The molecule has 0 atom stereocenters. The first-order valence-electron chi connectivity index (χ1n) is 6.19. The molecule has 0 aliphatic heterocycles. The van der Waals surface area contributed by atoms with Crippen LogP contribution in [0.5, 0.6) is 0 Å². The van der Waals surface area contributed by atoms with Crippen LogP contribution in [-0.4, -0.2) is 17.1 Å². The van der Waals surface area contributed by atoms with E-state index < -0.39 is 23.1 Å². The average Bonchev–Trinajstić information content (AvgIpc) is 2.41. The zero-order valence-electron chi connectivity index (χ0n) is 11.1. The minimum atomic E-state index is -4.52. The van der Waals surface area contributed by atoms with Crippen molar-refractivity contribution >= 4 is 16.9 Å². The maximum atomic E-state index is 12.8. The summed E-state index contributed by atoms with van der Waals surface area (Å²) in [5.74, 6) is -0.583. The van der Waals surface area contributed by atoms with Crippen molar-refractivity contribution in [1.29, 1.82) is 0 Å². The lowest BCUT2D eigenvalue weighted by Gasteiger charge is -2.12. The lowest BCUT2D eigenvalue weighted by Crippen LogP contribution is -2.17. The standard InChI is InChI=1S/C14H12F3NO3/c1-2-21-13(20)8-18-6-5-12(19)10-4-3-9(7-11(10)18)14(15,16)17/h3-7H,2,8H2,1H3. The summed E-state index contributed by atoms with van der Waals surface area (Å²) in [6.45, 7) is 1.54. The summed E-state index contributed by atoms with van der Waals surface area (Å²) in [6.07, 6.45) is -3.24. The van der Waals surface area contributed by atoms with E-state index in [0.717, 1.165) is 18.2 Å². The molecule has 2 aromatic rings. The van der Waals surface area contributed by atoms with Gasteiger partial charge in [-0.05, 0) is 25.1 Å². The molecular formula is C14H12F3NO3. The van der Waals surface area contributed by atoms with Crippen molar-refractivity contribution in [2.75, 3.05) is 6.61 Å². The van der Waals surface area contributed by atoms with Crippen LogP contribution in [0, 0.1) is 0 Å². The Morgan fingerprint density at radius 1 is 1.29 bits per heavy atom. The fraction of sp³-hybridized carbons (Fsp3) is 0.286. The summed E-state index contributed by atoms with van der Waals surface area (Å²) >= 11 is 0. The van der Waals surface area contributed by atoms with Gasteiger partial charge in [-0.1, -0.05) is 0 Å². The van der Waals surface area contributed by atoms with Crippen molar-refractivity contribution in [2.45, 2.75) is 19.6 Å². The number of hydrogen-bond donors (Lipinski definition) is 0. The Labute approximate surface area is 117 Å². The fourth-order valence-corrected chi connectivity index (χ4v) is 1.97. The van der Waals surface area contributed by atoms with E-state index in [2.05, 4.69) is 0 Å². The van der Waals surface area contributed by atoms with Crippen LogP contribution in [0.25, 0.3) is 10.9 Å². The van der Waals surface area contributed by atoms with Gasteiger partial charge in [-0.15, -0.1) is 0 Å². The maximum Gasteiger partial charge on any atom is 0.416 e. The Hall–Kier alpha value is -2.31. The van der Waals surface area contributed by atoms with E-state index in [0.29, 0.717) is 0 Å². The van der Waals surface area contributed by atoms with E-state index >= 15 is 0 Å². The van der Waals surface area contributed by atoms with Crippen LogP contribution in [0.2, 0.25) is 0 Å². The number of esters is 1. The van der Waals surface area contributed by atoms with Crippen LogP contribution in [0.15, 0.2) is 35.3 Å². The molecule has 0 unspecified atom stereocenters. The first-order valence-corrected chi connectivity index (χ1v) is 6.19. The van der Waals surface area contributed by atoms with E-state index in [1.807, 2.05) is 0 Å². The molecule has 0 saturated heterocycles. The van der Waals surface area contributed by atoms with Gasteiger partial charge in [-0.25, -0.2) is 0 Å². The van der Waals surface area contributed by atoms with Gasteiger partial charge in [0.05, 0.1) is 17.7 Å². The van der Waals surface area contributed by atoms with Gasteiger partial charge in [0.2, 0.25) is 0 Å². The number of nitrogens with zero attached hydrogens (tertiary/aromatic N) is 1. The Balaban J connectivity index is 2.57. The third-order valence-electron chi connectivity index (χ3n) is 2.91. The number of carbonyl (C=O) groups excluding carboxylic acids is 1. The molecular weight excluding hydrogens is 287 g/mol. The first-order chi connectivity index (χ1) is 9.82. The maximum absolute atomic E-state index is 12.8. The van der Waals surface area contributed by atoms with E-state index in [1.54, 1.807) is 6.92 Å².